The number of anilines is 1. The highest BCUT2D eigenvalue weighted by molar-refractivity contribution is 6.04. The maximum Gasteiger partial charge on any atom is 0.260 e. The molecule has 3 aromatic heterocycles. The van der Waals surface area contributed by atoms with Gasteiger partial charge in [0.2, 0.25) is 5.95 Å². The first-order valence-corrected chi connectivity index (χ1v) is 8.43. The number of aryl methyl sites for hydroxylation is 4. The van der Waals surface area contributed by atoms with Crippen LogP contribution in [0.4, 0.5) is 5.82 Å². The Morgan fingerprint density at radius 3 is 2.69 bits per heavy atom. The molecular weight excluding hydrogens is 334 g/mol. The average molecular weight is 355 g/mol. The van der Waals surface area contributed by atoms with E-state index in [4.69, 9.17) is 4.42 Å². The minimum absolute atomic E-state index is 0.259. The third-order valence-corrected chi connectivity index (χ3v) is 3.85. The van der Waals surface area contributed by atoms with Crippen LogP contribution in [0.25, 0.3) is 5.95 Å². The second-order valence-electron chi connectivity index (χ2n) is 6.17. The molecule has 1 amide bonds. The van der Waals surface area contributed by atoms with Crippen LogP contribution in [0.1, 0.15) is 46.6 Å². The van der Waals surface area contributed by atoms with E-state index in [-0.39, 0.29) is 17.4 Å². The monoisotopic (exact) mass is 355 g/mol. The van der Waals surface area contributed by atoms with Crippen molar-refractivity contribution in [2.45, 2.75) is 40.5 Å². The Morgan fingerprint density at radius 1 is 1.27 bits per heavy atom. The largest absolute Gasteiger partial charge is 0.466 e. The van der Waals surface area contributed by atoms with E-state index in [0.717, 1.165) is 6.42 Å². The molecule has 0 radical (unpaired) electrons. The third-order valence-electron chi connectivity index (χ3n) is 3.85. The number of nitrogens with one attached hydrogen (secondary N) is 2. The fourth-order valence-corrected chi connectivity index (χ4v) is 2.77. The van der Waals surface area contributed by atoms with E-state index in [9.17, 15) is 9.59 Å². The Bertz CT molecular complexity index is 1010. The van der Waals surface area contributed by atoms with Crippen molar-refractivity contribution in [3.63, 3.8) is 0 Å². The molecule has 0 spiro atoms. The maximum absolute atomic E-state index is 12.6. The summed E-state index contributed by atoms with van der Waals surface area (Å²) >= 11 is 0. The summed E-state index contributed by atoms with van der Waals surface area (Å²) in [5.74, 6) is 1.58. The Morgan fingerprint density at radius 2 is 2.04 bits per heavy atom. The second kappa shape index (κ2) is 6.99. The number of rotatable bonds is 5. The number of H-pyrrole nitrogens is 1. The van der Waals surface area contributed by atoms with Crippen LogP contribution in [-0.2, 0) is 6.42 Å². The van der Waals surface area contributed by atoms with Crippen LogP contribution in [0.2, 0.25) is 0 Å². The molecule has 0 saturated heterocycles. The van der Waals surface area contributed by atoms with Crippen LogP contribution in [-0.4, -0.2) is 25.7 Å². The second-order valence-corrected chi connectivity index (χ2v) is 6.17. The molecule has 136 valence electrons. The predicted octanol–water partition coefficient (Wildman–Crippen LogP) is 2.68. The lowest BCUT2D eigenvalue weighted by atomic mass is 10.2. The summed E-state index contributed by atoms with van der Waals surface area (Å²) in [5.41, 5.74) is 1.56. The fourth-order valence-electron chi connectivity index (χ4n) is 2.77. The lowest BCUT2D eigenvalue weighted by Crippen LogP contribution is -2.19. The van der Waals surface area contributed by atoms with Gasteiger partial charge in [-0.05, 0) is 33.3 Å². The van der Waals surface area contributed by atoms with Crippen LogP contribution in [0.3, 0.4) is 0 Å². The quantitative estimate of drug-likeness (QED) is 0.732. The van der Waals surface area contributed by atoms with Crippen molar-refractivity contribution in [1.29, 1.82) is 0 Å². The highest BCUT2D eigenvalue weighted by Crippen LogP contribution is 2.18. The highest BCUT2D eigenvalue weighted by atomic mass is 16.3. The first-order valence-electron chi connectivity index (χ1n) is 8.43. The Labute approximate surface area is 150 Å². The molecule has 0 aliphatic carbocycles. The minimum atomic E-state index is -0.312. The van der Waals surface area contributed by atoms with Gasteiger partial charge in [0, 0.05) is 17.8 Å². The molecule has 0 saturated carbocycles. The predicted molar refractivity (Wildman–Crippen MR) is 96.8 cm³/mol. The Balaban J connectivity index is 1.97. The van der Waals surface area contributed by atoms with Gasteiger partial charge in [0.05, 0.1) is 11.3 Å². The zero-order valence-corrected chi connectivity index (χ0v) is 15.2. The summed E-state index contributed by atoms with van der Waals surface area (Å²) in [6.45, 7) is 7.33. The SMILES string of the molecule is CCCc1cc(=O)[nH]c(-n2nc(C)cc2NC(=O)c2cc(C)oc2C)n1. The molecule has 2 N–H and O–H groups in total. The van der Waals surface area contributed by atoms with Crippen LogP contribution in [0.15, 0.2) is 27.4 Å². The number of furan rings is 1. The molecule has 0 bridgehead atoms. The molecule has 3 rings (SSSR count). The lowest BCUT2D eigenvalue weighted by Gasteiger charge is -2.08. The van der Waals surface area contributed by atoms with Crippen molar-refractivity contribution < 1.29 is 9.21 Å². The average Bonchev–Trinajstić information content (AvgIpc) is 3.09. The number of nitrogens with zero attached hydrogens (tertiary/aromatic N) is 3. The number of amides is 1. The Kier molecular flexibility index (Phi) is 4.75. The molecule has 0 fully saturated rings. The third kappa shape index (κ3) is 3.58. The number of carbonyl (C=O) groups excluding carboxylic acids is 1. The molecule has 8 nitrogen and oxygen atoms in total. The molecule has 26 heavy (non-hydrogen) atoms. The van der Waals surface area contributed by atoms with Crippen LogP contribution in [0.5, 0.6) is 0 Å². The van der Waals surface area contributed by atoms with Gasteiger partial charge in [-0.15, -0.1) is 0 Å². The number of hydrogen-bond acceptors (Lipinski definition) is 5. The van der Waals surface area contributed by atoms with Gasteiger partial charge in [0.15, 0.2) is 0 Å². The molecular formula is C18H21N5O3. The topological polar surface area (TPSA) is 106 Å². The number of carbonyl (C=O) groups is 1. The van der Waals surface area contributed by atoms with E-state index >= 15 is 0 Å². The zero-order chi connectivity index (χ0) is 18.8. The number of aromatic nitrogens is 4. The van der Waals surface area contributed by atoms with Gasteiger partial charge < -0.3 is 9.73 Å². The van der Waals surface area contributed by atoms with E-state index in [1.54, 1.807) is 32.9 Å². The lowest BCUT2D eigenvalue weighted by molar-refractivity contribution is 0.102. The maximum atomic E-state index is 12.6. The molecule has 0 aliphatic heterocycles. The van der Waals surface area contributed by atoms with Crippen molar-refractivity contribution in [3.05, 3.63) is 57.0 Å². The first kappa shape index (κ1) is 17.7. The number of aromatic amines is 1. The van der Waals surface area contributed by atoms with E-state index in [0.29, 0.717) is 40.7 Å². The standard InChI is InChI=1S/C18H21N5O3/c1-5-6-13-9-16(24)21-18(19-13)23-15(7-10(2)22-23)20-17(25)14-8-11(3)26-12(14)4/h7-9H,5-6H2,1-4H3,(H,20,25)(H,19,21,24). The number of hydrogen-bond donors (Lipinski definition) is 2. The highest BCUT2D eigenvalue weighted by Gasteiger charge is 2.18. The van der Waals surface area contributed by atoms with Gasteiger partial charge in [-0.25, -0.2) is 4.98 Å². The summed E-state index contributed by atoms with van der Waals surface area (Å²) in [6.07, 6.45) is 1.56. The first-order chi connectivity index (χ1) is 12.4. The molecule has 3 aromatic rings. The van der Waals surface area contributed by atoms with E-state index < -0.39 is 0 Å². The van der Waals surface area contributed by atoms with E-state index in [2.05, 4.69) is 20.4 Å². The summed E-state index contributed by atoms with van der Waals surface area (Å²) in [5, 5.41) is 7.15. The fraction of sp³-hybridized carbons (Fsp3) is 0.333. The summed E-state index contributed by atoms with van der Waals surface area (Å²) in [4.78, 5) is 31.6. The van der Waals surface area contributed by atoms with Crippen LogP contribution in [0, 0.1) is 20.8 Å². The van der Waals surface area contributed by atoms with Crippen LogP contribution >= 0.6 is 0 Å². The normalized spacial score (nSPS) is 10.9. The molecule has 0 aliphatic rings. The Hall–Kier alpha value is -3.16. The molecule has 3 heterocycles. The van der Waals surface area contributed by atoms with Gasteiger partial charge in [-0.1, -0.05) is 13.3 Å². The van der Waals surface area contributed by atoms with Crippen molar-refractivity contribution in [2.24, 2.45) is 0 Å². The van der Waals surface area contributed by atoms with Crippen molar-refractivity contribution in [3.8, 4) is 5.95 Å². The van der Waals surface area contributed by atoms with Crippen molar-refractivity contribution >= 4 is 11.7 Å². The van der Waals surface area contributed by atoms with Gasteiger partial charge >= 0.3 is 0 Å². The molecule has 0 aromatic carbocycles. The molecule has 8 heteroatoms. The van der Waals surface area contributed by atoms with Crippen molar-refractivity contribution in [2.75, 3.05) is 5.32 Å². The minimum Gasteiger partial charge on any atom is -0.466 e. The molecule has 0 unspecified atom stereocenters. The van der Waals surface area contributed by atoms with Gasteiger partial charge in [-0.2, -0.15) is 9.78 Å². The zero-order valence-electron chi connectivity index (χ0n) is 15.2. The van der Waals surface area contributed by atoms with Gasteiger partial charge in [0.1, 0.15) is 17.3 Å². The van der Waals surface area contributed by atoms with Gasteiger partial charge in [-0.3, -0.25) is 14.6 Å². The van der Waals surface area contributed by atoms with Gasteiger partial charge in [0.25, 0.3) is 11.5 Å². The summed E-state index contributed by atoms with van der Waals surface area (Å²) in [6, 6.07) is 4.87. The van der Waals surface area contributed by atoms with E-state index in [1.807, 2.05) is 6.92 Å². The summed E-state index contributed by atoms with van der Waals surface area (Å²) in [7, 11) is 0. The van der Waals surface area contributed by atoms with Crippen molar-refractivity contribution in [1.82, 2.24) is 19.7 Å². The summed E-state index contributed by atoms with van der Waals surface area (Å²) < 4.78 is 6.84. The molecule has 0 atom stereocenters. The van der Waals surface area contributed by atoms with Crippen LogP contribution < -0.4 is 10.9 Å². The smallest absolute Gasteiger partial charge is 0.260 e. The van der Waals surface area contributed by atoms with E-state index in [1.165, 1.54) is 10.7 Å².